The van der Waals surface area contributed by atoms with E-state index in [-0.39, 0.29) is 18.6 Å². The van der Waals surface area contributed by atoms with Crippen molar-refractivity contribution in [1.29, 1.82) is 0 Å². The van der Waals surface area contributed by atoms with Gasteiger partial charge in [0.2, 0.25) is 0 Å². The predicted molar refractivity (Wildman–Crippen MR) is 77.5 cm³/mol. The number of carbonyl (C=O) groups is 1. The van der Waals surface area contributed by atoms with Crippen molar-refractivity contribution in [1.82, 2.24) is 5.32 Å². The van der Waals surface area contributed by atoms with Crippen molar-refractivity contribution < 1.29 is 9.90 Å². The predicted octanol–water partition coefficient (Wildman–Crippen LogP) is 3.41. The van der Waals surface area contributed by atoms with E-state index in [0.717, 1.165) is 7.57 Å². The summed E-state index contributed by atoms with van der Waals surface area (Å²) in [5, 5.41) is 11.9. The van der Waals surface area contributed by atoms with Crippen LogP contribution in [0.4, 0.5) is 0 Å². The minimum atomic E-state index is -0.106. The Bertz CT molecular complexity index is 393. The van der Waals surface area contributed by atoms with Crippen molar-refractivity contribution in [2.75, 3.05) is 6.61 Å². The van der Waals surface area contributed by atoms with Gasteiger partial charge in [0, 0.05) is 12.6 Å². The lowest BCUT2D eigenvalue weighted by Gasteiger charge is -2.21. The molecular weight excluding hydrogens is 370 g/mol. The average Bonchev–Trinajstić information content (AvgIpc) is 2.57. The molecule has 1 heterocycles. The fourth-order valence-electron chi connectivity index (χ4n) is 1.45. The zero-order chi connectivity index (χ0) is 13.0. The molecule has 1 atom stereocenters. The lowest BCUT2D eigenvalue weighted by molar-refractivity contribution is 0.0916. The molecule has 96 valence electrons. The standard InChI is InChI=1S/C11H15Br2NO2S/c1-6(2)8(3-4-15)14-11(16)7-5-9(12)17-10(7)13/h5-6,8,15H,3-4H2,1-2H3,(H,14,16). The molecule has 1 rings (SSSR count). The second kappa shape index (κ2) is 6.87. The topological polar surface area (TPSA) is 49.3 Å². The van der Waals surface area contributed by atoms with Crippen LogP contribution in [0.25, 0.3) is 0 Å². The van der Waals surface area contributed by atoms with Gasteiger partial charge in [0.25, 0.3) is 5.91 Å². The summed E-state index contributed by atoms with van der Waals surface area (Å²) in [7, 11) is 0. The van der Waals surface area contributed by atoms with Crippen LogP contribution < -0.4 is 5.32 Å². The lowest BCUT2D eigenvalue weighted by Crippen LogP contribution is -2.39. The van der Waals surface area contributed by atoms with E-state index in [9.17, 15) is 4.79 Å². The van der Waals surface area contributed by atoms with Gasteiger partial charge in [-0.15, -0.1) is 11.3 Å². The second-order valence-electron chi connectivity index (χ2n) is 4.07. The summed E-state index contributed by atoms with van der Waals surface area (Å²) in [5.41, 5.74) is 0.630. The van der Waals surface area contributed by atoms with Crippen LogP contribution in [0, 0.1) is 5.92 Å². The Balaban J connectivity index is 2.73. The first kappa shape index (κ1) is 15.1. The number of halogens is 2. The number of hydrogen-bond donors (Lipinski definition) is 2. The van der Waals surface area contributed by atoms with Gasteiger partial charge in [-0.2, -0.15) is 0 Å². The quantitative estimate of drug-likeness (QED) is 0.817. The maximum Gasteiger partial charge on any atom is 0.253 e. The number of nitrogens with one attached hydrogen (secondary N) is 1. The van der Waals surface area contributed by atoms with Crippen molar-refractivity contribution in [2.24, 2.45) is 5.92 Å². The van der Waals surface area contributed by atoms with E-state index in [1.807, 2.05) is 13.8 Å². The Kier molecular flexibility index (Phi) is 6.12. The molecule has 1 aromatic heterocycles. The number of carbonyl (C=O) groups excluding carboxylic acids is 1. The van der Waals surface area contributed by atoms with Crippen LogP contribution in [0.1, 0.15) is 30.6 Å². The second-order valence-corrected chi connectivity index (χ2v) is 7.82. The van der Waals surface area contributed by atoms with Crippen LogP contribution in [0.15, 0.2) is 13.6 Å². The molecule has 6 heteroatoms. The molecule has 1 amide bonds. The highest BCUT2D eigenvalue weighted by Crippen LogP contribution is 2.31. The fraction of sp³-hybridized carbons (Fsp3) is 0.545. The summed E-state index contributed by atoms with van der Waals surface area (Å²) in [4.78, 5) is 12.0. The van der Waals surface area contributed by atoms with Crippen molar-refractivity contribution in [3.8, 4) is 0 Å². The fourth-order valence-corrected chi connectivity index (χ4v) is 4.25. The maximum atomic E-state index is 12.0. The molecule has 1 aromatic rings. The summed E-state index contributed by atoms with van der Waals surface area (Å²) in [5.74, 6) is 0.193. The van der Waals surface area contributed by atoms with E-state index in [1.54, 1.807) is 6.07 Å². The zero-order valence-corrected chi connectivity index (χ0v) is 13.7. The SMILES string of the molecule is CC(C)C(CCO)NC(=O)c1cc(Br)sc1Br. The average molecular weight is 385 g/mol. The van der Waals surface area contributed by atoms with E-state index in [1.165, 1.54) is 11.3 Å². The normalized spacial score (nSPS) is 12.8. The Hall–Kier alpha value is 0.0900. The van der Waals surface area contributed by atoms with Crippen LogP contribution in [0.2, 0.25) is 0 Å². The highest BCUT2D eigenvalue weighted by molar-refractivity contribution is 9.12. The molecule has 1 unspecified atom stereocenters. The molecular formula is C11H15Br2NO2S. The Morgan fingerprint density at radius 2 is 2.18 bits per heavy atom. The van der Waals surface area contributed by atoms with Gasteiger partial charge in [-0.3, -0.25) is 4.79 Å². The van der Waals surface area contributed by atoms with Gasteiger partial charge in [0.15, 0.2) is 0 Å². The summed E-state index contributed by atoms with van der Waals surface area (Å²) < 4.78 is 1.73. The molecule has 0 aliphatic rings. The molecule has 17 heavy (non-hydrogen) atoms. The van der Waals surface area contributed by atoms with Gasteiger partial charge >= 0.3 is 0 Å². The first-order chi connectivity index (χ1) is 7.95. The van der Waals surface area contributed by atoms with Gasteiger partial charge in [0.05, 0.1) is 13.1 Å². The van der Waals surface area contributed by atoms with Gasteiger partial charge < -0.3 is 10.4 Å². The molecule has 0 aliphatic carbocycles. The zero-order valence-electron chi connectivity index (χ0n) is 9.67. The van der Waals surface area contributed by atoms with Crippen molar-refractivity contribution >= 4 is 49.1 Å². The maximum absolute atomic E-state index is 12.0. The smallest absolute Gasteiger partial charge is 0.253 e. The molecule has 0 fully saturated rings. The summed E-state index contributed by atoms with van der Waals surface area (Å²) in [6.07, 6.45) is 0.576. The third-order valence-corrected chi connectivity index (χ3v) is 4.80. The lowest BCUT2D eigenvalue weighted by atomic mass is 10.0. The third-order valence-electron chi connectivity index (χ3n) is 2.46. The Morgan fingerprint density at radius 3 is 2.59 bits per heavy atom. The molecule has 0 aliphatic heterocycles. The number of rotatable bonds is 5. The Morgan fingerprint density at radius 1 is 1.53 bits per heavy atom. The van der Waals surface area contributed by atoms with E-state index >= 15 is 0 Å². The van der Waals surface area contributed by atoms with Gasteiger partial charge in [0.1, 0.15) is 0 Å². The number of aliphatic hydroxyl groups is 1. The first-order valence-electron chi connectivity index (χ1n) is 5.32. The largest absolute Gasteiger partial charge is 0.396 e. The third kappa shape index (κ3) is 4.35. The van der Waals surface area contributed by atoms with Crippen LogP contribution in [0.5, 0.6) is 0 Å². The van der Waals surface area contributed by atoms with Crippen molar-refractivity contribution in [3.63, 3.8) is 0 Å². The minimum Gasteiger partial charge on any atom is -0.396 e. The number of hydrogen-bond acceptors (Lipinski definition) is 3. The number of aliphatic hydroxyl groups excluding tert-OH is 1. The number of thiophene rings is 1. The molecule has 0 bridgehead atoms. The highest BCUT2D eigenvalue weighted by atomic mass is 79.9. The van der Waals surface area contributed by atoms with Crippen molar-refractivity contribution in [3.05, 3.63) is 19.2 Å². The van der Waals surface area contributed by atoms with Gasteiger partial charge in [-0.05, 0) is 50.3 Å². The van der Waals surface area contributed by atoms with E-state index in [2.05, 4.69) is 37.2 Å². The molecule has 0 saturated heterocycles. The molecule has 0 saturated carbocycles. The summed E-state index contributed by atoms with van der Waals surface area (Å²) in [6, 6.07) is 1.79. The molecule has 2 N–H and O–H groups in total. The molecule has 0 aromatic carbocycles. The van der Waals surface area contributed by atoms with Crippen LogP contribution >= 0.6 is 43.2 Å². The first-order valence-corrected chi connectivity index (χ1v) is 7.72. The van der Waals surface area contributed by atoms with Crippen LogP contribution in [-0.2, 0) is 0 Å². The molecule has 0 radical (unpaired) electrons. The summed E-state index contributed by atoms with van der Waals surface area (Å²) in [6.45, 7) is 4.13. The van der Waals surface area contributed by atoms with E-state index in [4.69, 9.17) is 5.11 Å². The van der Waals surface area contributed by atoms with Crippen molar-refractivity contribution in [2.45, 2.75) is 26.3 Å². The van der Waals surface area contributed by atoms with Crippen LogP contribution in [-0.4, -0.2) is 23.7 Å². The Labute approximate surface area is 122 Å². The van der Waals surface area contributed by atoms with Gasteiger partial charge in [-0.1, -0.05) is 13.8 Å². The minimum absolute atomic E-state index is 0.00178. The molecule has 0 spiro atoms. The monoisotopic (exact) mass is 383 g/mol. The van der Waals surface area contributed by atoms with Crippen LogP contribution in [0.3, 0.4) is 0 Å². The number of amides is 1. The van der Waals surface area contributed by atoms with E-state index < -0.39 is 0 Å². The highest BCUT2D eigenvalue weighted by Gasteiger charge is 2.19. The van der Waals surface area contributed by atoms with E-state index in [0.29, 0.717) is 17.9 Å². The van der Waals surface area contributed by atoms with Gasteiger partial charge in [-0.25, -0.2) is 0 Å². The summed E-state index contributed by atoms with van der Waals surface area (Å²) >= 11 is 8.18. The molecule has 3 nitrogen and oxygen atoms in total.